The maximum absolute atomic E-state index is 12.2. The van der Waals surface area contributed by atoms with Crippen LogP contribution in [0.1, 0.15) is 22.3 Å². The molecule has 138 valence electrons. The summed E-state index contributed by atoms with van der Waals surface area (Å²) >= 11 is 12.2. The molecule has 1 aromatic heterocycles. The van der Waals surface area contributed by atoms with Crippen LogP contribution in [0.4, 0.5) is 5.82 Å². The maximum Gasteiger partial charge on any atom is 0.339 e. The first-order valence-corrected chi connectivity index (χ1v) is 9.42. The van der Waals surface area contributed by atoms with E-state index in [4.69, 9.17) is 27.9 Å². The van der Waals surface area contributed by atoms with Crippen molar-refractivity contribution < 1.29 is 9.53 Å². The number of hydrogen-bond donors (Lipinski definition) is 1. The van der Waals surface area contributed by atoms with Gasteiger partial charge in [-0.15, -0.1) is 0 Å². The van der Waals surface area contributed by atoms with Gasteiger partial charge in [-0.1, -0.05) is 35.3 Å². The van der Waals surface area contributed by atoms with Crippen LogP contribution >= 0.6 is 23.2 Å². The Morgan fingerprint density at radius 2 is 1.92 bits per heavy atom. The number of anilines is 1. The topological polar surface area (TPSA) is 54.5 Å². The number of aromatic nitrogens is 1. The van der Waals surface area contributed by atoms with Gasteiger partial charge in [0.05, 0.1) is 17.2 Å². The van der Waals surface area contributed by atoms with Gasteiger partial charge in [0.2, 0.25) is 0 Å². The van der Waals surface area contributed by atoms with Crippen LogP contribution in [0.2, 0.25) is 10.0 Å². The number of pyridine rings is 1. The Hall–Kier alpha value is -1.82. The summed E-state index contributed by atoms with van der Waals surface area (Å²) in [5, 5.41) is 4.47. The van der Waals surface area contributed by atoms with Crippen LogP contribution in [0, 0.1) is 0 Å². The molecule has 0 radical (unpaired) electrons. The minimum absolute atomic E-state index is 0.346. The highest BCUT2D eigenvalue weighted by Crippen LogP contribution is 2.24. The number of halogens is 2. The predicted molar refractivity (Wildman–Crippen MR) is 104 cm³/mol. The molecule has 0 spiro atoms. The summed E-state index contributed by atoms with van der Waals surface area (Å²) in [7, 11) is 0. The third-order valence-corrected chi connectivity index (χ3v) is 4.76. The van der Waals surface area contributed by atoms with E-state index in [1.54, 1.807) is 6.07 Å². The van der Waals surface area contributed by atoms with Crippen molar-refractivity contribution in [2.75, 3.05) is 37.7 Å². The molecule has 0 amide bonds. The Morgan fingerprint density at radius 3 is 2.62 bits per heavy atom. The molecule has 7 heteroatoms. The highest BCUT2D eigenvalue weighted by Gasteiger charge is 2.17. The van der Waals surface area contributed by atoms with Crippen molar-refractivity contribution in [3.8, 4) is 0 Å². The fraction of sp³-hybridized carbons (Fsp3) is 0.368. The van der Waals surface area contributed by atoms with E-state index in [2.05, 4.69) is 15.2 Å². The van der Waals surface area contributed by atoms with E-state index in [0.717, 1.165) is 44.6 Å². The number of ether oxygens (including phenoxy) is 1. The van der Waals surface area contributed by atoms with Crippen molar-refractivity contribution in [3.63, 3.8) is 0 Å². The van der Waals surface area contributed by atoms with E-state index in [1.165, 1.54) is 6.20 Å². The number of piperazine rings is 1. The lowest BCUT2D eigenvalue weighted by Crippen LogP contribution is -2.44. The summed E-state index contributed by atoms with van der Waals surface area (Å²) in [6, 6.07) is 9.30. The second-order valence-corrected chi connectivity index (χ2v) is 6.98. The van der Waals surface area contributed by atoms with Gasteiger partial charge in [-0.3, -0.25) is 0 Å². The van der Waals surface area contributed by atoms with E-state index in [9.17, 15) is 4.79 Å². The number of rotatable bonds is 6. The number of carbonyl (C=O) groups is 1. The fourth-order valence-electron chi connectivity index (χ4n) is 2.83. The minimum Gasteiger partial charge on any atom is -0.462 e. The van der Waals surface area contributed by atoms with Gasteiger partial charge in [-0.05, 0) is 36.6 Å². The third-order valence-electron chi connectivity index (χ3n) is 4.23. The maximum atomic E-state index is 12.2. The molecule has 26 heavy (non-hydrogen) atoms. The first kappa shape index (κ1) is 19.0. The summed E-state index contributed by atoms with van der Waals surface area (Å²) in [6.07, 6.45) is 3.10. The monoisotopic (exact) mass is 393 g/mol. The SMILES string of the molecule is O=C(OCCCc1ccc(Cl)cc1)c1cnc(N2CCNCC2)c(Cl)c1. The minimum atomic E-state index is -0.401. The van der Waals surface area contributed by atoms with E-state index in [1.807, 2.05) is 24.3 Å². The number of nitrogens with one attached hydrogen (secondary N) is 1. The van der Waals surface area contributed by atoms with Crippen LogP contribution in [0.15, 0.2) is 36.5 Å². The number of esters is 1. The average molecular weight is 394 g/mol. The lowest BCUT2D eigenvalue weighted by molar-refractivity contribution is 0.0500. The molecule has 0 atom stereocenters. The Labute approximate surface area is 163 Å². The van der Waals surface area contributed by atoms with Gasteiger partial charge in [-0.25, -0.2) is 9.78 Å². The van der Waals surface area contributed by atoms with Gasteiger partial charge in [0.1, 0.15) is 5.82 Å². The van der Waals surface area contributed by atoms with E-state index in [-0.39, 0.29) is 0 Å². The largest absolute Gasteiger partial charge is 0.462 e. The Kier molecular flexibility index (Phi) is 6.72. The molecule has 0 unspecified atom stereocenters. The molecule has 1 N–H and O–H groups in total. The average Bonchev–Trinajstić information content (AvgIpc) is 2.67. The number of benzene rings is 1. The zero-order chi connectivity index (χ0) is 18.4. The predicted octanol–water partition coefficient (Wildman–Crippen LogP) is 3.59. The fourth-order valence-corrected chi connectivity index (χ4v) is 3.24. The second-order valence-electron chi connectivity index (χ2n) is 6.13. The zero-order valence-corrected chi connectivity index (χ0v) is 15.9. The molecule has 0 saturated carbocycles. The van der Waals surface area contributed by atoms with Crippen molar-refractivity contribution in [2.24, 2.45) is 0 Å². The summed E-state index contributed by atoms with van der Waals surface area (Å²) in [6.45, 7) is 3.84. The molecule has 3 rings (SSSR count). The quantitative estimate of drug-likeness (QED) is 0.600. The van der Waals surface area contributed by atoms with E-state index >= 15 is 0 Å². The molecule has 1 saturated heterocycles. The van der Waals surface area contributed by atoms with Gasteiger partial charge in [0.15, 0.2) is 0 Å². The molecular weight excluding hydrogens is 373 g/mol. The van der Waals surface area contributed by atoms with Gasteiger partial charge in [0, 0.05) is 37.4 Å². The lowest BCUT2D eigenvalue weighted by Gasteiger charge is -2.29. The summed E-state index contributed by atoms with van der Waals surface area (Å²) in [5.74, 6) is 0.315. The van der Waals surface area contributed by atoms with Crippen LogP contribution in [-0.4, -0.2) is 43.7 Å². The van der Waals surface area contributed by atoms with Crippen molar-refractivity contribution in [2.45, 2.75) is 12.8 Å². The van der Waals surface area contributed by atoms with Gasteiger partial charge >= 0.3 is 5.97 Å². The first-order valence-electron chi connectivity index (χ1n) is 8.66. The van der Waals surface area contributed by atoms with Crippen molar-refractivity contribution in [1.29, 1.82) is 0 Å². The molecule has 1 fully saturated rings. The number of aryl methyl sites for hydroxylation is 1. The lowest BCUT2D eigenvalue weighted by atomic mass is 10.1. The number of hydrogen-bond acceptors (Lipinski definition) is 5. The molecule has 1 aromatic carbocycles. The third kappa shape index (κ3) is 5.10. The van der Waals surface area contributed by atoms with Gasteiger partial charge in [-0.2, -0.15) is 0 Å². The molecule has 1 aliphatic heterocycles. The number of nitrogens with zero attached hydrogens (tertiary/aromatic N) is 2. The molecular formula is C19H21Cl2N3O2. The van der Waals surface area contributed by atoms with Gasteiger partial charge in [0.25, 0.3) is 0 Å². The Bertz CT molecular complexity index is 747. The molecule has 0 aliphatic carbocycles. The summed E-state index contributed by atoms with van der Waals surface area (Å²) < 4.78 is 5.33. The van der Waals surface area contributed by atoms with E-state index < -0.39 is 5.97 Å². The second kappa shape index (κ2) is 9.21. The number of carbonyl (C=O) groups excluding carboxylic acids is 1. The Morgan fingerprint density at radius 1 is 1.19 bits per heavy atom. The van der Waals surface area contributed by atoms with Crippen LogP contribution < -0.4 is 10.2 Å². The van der Waals surface area contributed by atoms with Crippen molar-refractivity contribution in [1.82, 2.24) is 10.3 Å². The zero-order valence-electron chi connectivity index (χ0n) is 14.4. The Balaban J connectivity index is 1.49. The van der Waals surface area contributed by atoms with Crippen LogP contribution in [0.25, 0.3) is 0 Å². The molecule has 1 aliphatic rings. The summed E-state index contributed by atoms with van der Waals surface area (Å²) in [4.78, 5) is 18.6. The standard InChI is InChI=1S/C19H21Cl2N3O2/c20-16-5-3-14(4-6-16)2-1-11-26-19(25)15-12-17(21)18(23-13-15)24-9-7-22-8-10-24/h3-6,12-13,22H,1-2,7-11H2. The van der Waals surface area contributed by atoms with Gasteiger partial charge < -0.3 is 15.0 Å². The summed E-state index contributed by atoms with van der Waals surface area (Å²) in [5.41, 5.74) is 1.54. The van der Waals surface area contributed by atoms with Crippen LogP contribution in [0.5, 0.6) is 0 Å². The van der Waals surface area contributed by atoms with Crippen LogP contribution in [0.3, 0.4) is 0 Å². The molecule has 5 nitrogen and oxygen atoms in total. The molecule has 2 heterocycles. The molecule has 0 bridgehead atoms. The van der Waals surface area contributed by atoms with Crippen molar-refractivity contribution >= 4 is 35.0 Å². The highest BCUT2D eigenvalue weighted by molar-refractivity contribution is 6.33. The van der Waals surface area contributed by atoms with Crippen molar-refractivity contribution in [3.05, 3.63) is 57.7 Å². The molecule has 2 aromatic rings. The van der Waals surface area contributed by atoms with E-state index in [0.29, 0.717) is 28.0 Å². The smallest absolute Gasteiger partial charge is 0.339 e. The normalized spacial score (nSPS) is 14.3. The van der Waals surface area contributed by atoms with Crippen LogP contribution in [-0.2, 0) is 11.2 Å². The highest BCUT2D eigenvalue weighted by atomic mass is 35.5. The first-order chi connectivity index (χ1) is 12.6.